The second-order valence-electron chi connectivity index (χ2n) is 7.83. The SMILES string of the molecule is O=C(C1CCN(CC(=O)N2CCc3ccccc32)C1)N1CCC(F)(F)CC1. The van der Waals surface area contributed by atoms with Crippen LogP contribution in [0.3, 0.4) is 0 Å². The summed E-state index contributed by atoms with van der Waals surface area (Å²) in [4.78, 5) is 30.8. The van der Waals surface area contributed by atoms with Gasteiger partial charge in [-0.3, -0.25) is 14.5 Å². The summed E-state index contributed by atoms with van der Waals surface area (Å²) in [6.07, 6.45) is 1.07. The number of benzene rings is 1. The van der Waals surface area contributed by atoms with Crippen LogP contribution in [0, 0.1) is 5.92 Å². The molecule has 0 N–H and O–H groups in total. The van der Waals surface area contributed by atoms with Crippen molar-refractivity contribution in [3.05, 3.63) is 29.8 Å². The van der Waals surface area contributed by atoms with Gasteiger partial charge in [-0.15, -0.1) is 0 Å². The molecule has 1 aromatic rings. The molecule has 1 atom stereocenters. The van der Waals surface area contributed by atoms with E-state index in [9.17, 15) is 18.4 Å². The van der Waals surface area contributed by atoms with Crippen LogP contribution < -0.4 is 4.90 Å². The van der Waals surface area contributed by atoms with E-state index in [0.717, 1.165) is 12.1 Å². The average molecular weight is 377 g/mol. The molecule has 5 nitrogen and oxygen atoms in total. The molecule has 0 bridgehead atoms. The third-order valence-corrected chi connectivity index (χ3v) is 5.98. The smallest absolute Gasteiger partial charge is 0.251 e. The number of nitrogens with zero attached hydrogens (tertiary/aromatic N) is 3. The van der Waals surface area contributed by atoms with Gasteiger partial charge in [0.25, 0.3) is 5.92 Å². The first-order valence-electron chi connectivity index (χ1n) is 9.70. The highest BCUT2D eigenvalue weighted by molar-refractivity contribution is 5.96. The first-order valence-corrected chi connectivity index (χ1v) is 9.70. The Morgan fingerprint density at radius 2 is 1.81 bits per heavy atom. The standard InChI is InChI=1S/C20H25F2N3O2/c21-20(22)7-11-24(12-8-20)19(27)16-5-9-23(13-16)14-18(26)25-10-6-15-3-1-2-4-17(15)25/h1-4,16H,5-14H2. The van der Waals surface area contributed by atoms with E-state index in [1.165, 1.54) is 5.56 Å². The van der Waals surface area contributed by atoms with Gasteiger partial charge in [-0.05, 0) is 31.0 Å². The van der Waals surface area contributed by atoms with Crippen molar-refractivity contribution in [2.75, 3.05) is 44.2 Å². The van der Waals surface area contributed by atoms with E-state index in [0.29, 0.717) is 32.6 Å². The van der Waals surface area contributed by atoms with Crippen LogP contribution in [0.4, 0.5) is 14.5 Å². The first kappa shape index (κ1) is 18.3. The van der Waals surface area contributed by atoms with Gasteiger partial charge in [-0.2, -0.15) is 0 Å². The summed E-state index contributed by atoms with van der Waals surface area (Å²) in [6, 6.07) is 7.95. The molecule has 27 heavy (non-hydrogen) atoms. The van der Waals surface area contributed by atoms with E-state index in [1.54, 1.807) is 4.90 Å². The highest BCUT2D eigenvalue weighted by atomic mass is 19.3. The topological polar surface area (TPSA) is 43.9 Å². The zero-order valence-corrected chi connectivity index (χ0v) is 15.4. The normalized spacial score (nSPS) is 24.9. The highest BCUT2D eigenvalue weighted by Crippen LogP contribution is 2.30. The second kappa shape index (κ2) is 7.19. The predicted molar refractivity (Wildman–Crippen MR) is 97.8 cm³/mol. The quantitative estimate of drug-likeness (QED) is 0.811. The van der Waals surface area contributed by atoms with Gasteiger partial charge in [0.1, 0.15) is 0 Å². The number of fused-ring (bicyclic) bond motifs is 1. The van der Waals surface area contributed by atoms with E-state index >= 15 is 0 Å². The van der Waals surface area contributed by atoms with Crippen LogP contribution in [0.1, 0.15) is 24.8 Å². The van der Waals surface area contributed by atoms with Crippen LogP contribution in [0.2, 0.25) is 0 Å². The number of carbonyl (C=O) groups excluding carboxylic acids is 2. The molecule has 2 fully saturated rings. The van der Waals surface area contributed by atoms with E-state index in [4.69, 9.17) is 0 Å². The first-order chi connectivity index (χ1) is 12.9. The van der Waals surface area contributed by atoms with Gasteiger partial charge < -0.3 is 9.80 Å². The molecule has 3 aliphatic rings. The second-order valence-corrected chi connectivity index (χ2v) is 7.83. The maximum Gasteiger partial charge on any atom is 0.251 e. The van der Waals surface area contributed by atoms with Crippen LogP contribution in [0.5, 0.6) is 0 Å². The molecule has 1 aromatic carbocycles. The highest BCUT2D eigenvalue weighted by Gasteiger charge is 2.39. The predicted octanol–water partition coefficient (Wildman–Crippen LogP) is 2.16. The number of rotatable bonds is 3. The summed E-state index contributed by atoms with van der Waals surface area (Å²) in [5, 5.41) is 0. The summed E-state index contributed by atoms with van der Waals surface area (Å²) in [5.74, 6) is -2.80. The molecule has 0 radical (unpaired) electrons. The fourth-order valence-electron chi connectivity index (χ4n) is 4.36. The lowest BCUT2D eigenvalue weighted by atomic mass is 10.0. The Labute approximate surface area is 157 Å². The molecule has 2 amide bonds. The molecule has 0 spiro atoms. The molecular formula is C20H25F2N3O2. The molecule has 3 aliphatic heterocycles. The zero-order valence-electron chi connectivity index (χ0n) is 15.4. The number of piperidine rings is 1. The van der Waals surface area contributed by atoms with Crippen LogP contribution >= 0.6 is 0 Å². The minimum atomic E-state index is -2.64. The molecule has 2 saturated heterocycles. The van der Waals surface area contributed by atoms with Gasteiger partial charge in [0.05, 0.1) is 12.5 Å². The van der Waals surface area contributed by atoms with Gasteiger partial charge in [0.2, 0.25) is 11.8 Å². The van der Waals surface area contributed by atoms with Crippen LogP contribution in [-0.4, -0.2) is 66.8 Å². The van der Waals surface area contributed by atoms with E-state index in [2.05, 4.69) is 6.07 Å². The number of hydrogen-bond donors (Lipinski definition) is 0. The number of alkyl halides is 2. The fraction of sp³-hybridized carbons (Fsp3) is 0.600. The molecule has 7 heteroatoms. The van der Waals surface area contributed by atoms with Gasteiger partial charge in [-0.25, -0.2) is 8.78 Å². The van der Waals surface area contributed by atoms with Crippen LogP contribution in [-0.2, 0) is 16.0 Å². The summed E-state index contributed by atoms with van der Waals surface area (Å²) in [5.41, 5.74) is 2.19. The number of anilines is 1. The van der Waals surface area contributed by atoms with Crippen molar-refractivity contribution in [1.82, 2.24) is 9.80 Å². The molecular weight excluding hydrogens is 352 g/mol. The van der Waals surface area contributed by atoms with Crippen molar-refractivity contribution in [3.63, 3.8) is 0 Å². The largest absolute Gasteiger partial charge is 0.342 e. The minimum Gasteiger partial charge on any atom is -0.342 e. The van der Waals surface area contributed by atoms with Crippen LogP contribution in [0.25, 0.3) is 0 Å². The Morgan fingerprint density at radius 1 is 1.07 bits per heavy atom. The van der Waals surface area contributed by atoms with Crippen LogP contribution in [0.15, 0.2) is 24.3 Å². The van der Waals surface area contributed by atoms with E-state index in [1.807, 2.05) is 28.0 Å². The van der Waals surface area contributed by atoms with Crippen molar-refractivity contribution in [2.24, 2.45) is 5.92 Å². The number of likely N-dealkylation sites (tertiary alicyclic amines) is 2. The van der Waals surface area contributed by atoms with E-state index < -0.39 is 5.92 Å². The fourth-order valence-corrected chi connectivity index (χ4v) is 4.36. The van der Waals surface area contributed by atoms with Crippen molar-refractivity contribution < 1.29 is 18.4 Å². The van der Waals surface area contributed by atoms with Crippen molar-refractivity contribution in [3.8, 4) is 0 Å². The average Bonchev–Trinajstić information content (AvgIpc) is 3.28. The summed E-state index contributed by atoms with van der Waals surface area (Å²) < 4.78 is 26.6. The number of para-hydroxylation sites is 1. The Morgan fingerprint density at radius 3 is 2.59 bits per heavy atom. The molecule has 4 rings (SSSR count). The molecule has 0 aliphatic carbocycles. The lowest BCUT2D eigenvalue weighted by Gasteiger charge is -2.33. The van der Waals surface area contributed by atoms with Crippen molar-refractivity contribution in [2.45, 2.75) is 31.6 Å². The summed E-state index contributed by atoms with van der Waals surface area (Å²) in [6.45, 7) is 2.50. The van der Waals surface area contributed by atoms with E-state index in [-0.39, 0.29) is 43.7 Å². The lowest BCUT2D eigenvalue weighted by molar-refractivity contribution is -0.141. The van der Waals surface area contributed by atoms with Crippen molar-refractivity contribution in [1.29, 1.82) is 0 Å². The number of halogens is 2. The summed E-state index contributed by atoms with van der Waals surface area (Å²) >= 11 is 0. The number of carbonyl (C=O) groups is 2. The molecule has 3 heterocycles. The Bertz CT molecular complexity index is 730. The molecule has 0 saturated carbocycles. The minimum absolute atomic E-state index is 0.0352. The number of amides is 2. The maximum absolute atomic E-state index is 13.3. The number of hydrogen-bond acceptors (Lipinski definition) is 3. The third-order valence-electron chi connectivity index (χ3n) is 5.98. The zero-order chi connectivity index (χ0) is 19.0. The molecule has 146 valence electrons. The summed E-state index contributed by atoms with van der Waals surface area (Å²) in [7, 11) is 0. The Balaban J connectivity index is 1.30. The monoisotopic (exact) mass is 377 g/mol. The Kier molecular flexibility index (Phi) is 4.88. The Hall–Kier alpha value is -2.02. The van der Waals surface area contributed by atoms with Gasteiger partial charge in [0, 0.05) is 44.7 Å². The van der Waals surface area contributed by atoms with Gasteiger partial charge >= 0.3 is 0 Å². The lowest BCUT2D eigenvalue weighted by Crippen LogP contribution is -2.46. The van der Waals surface area contributed by atoms with Crippen molar-refractivity contribution >= 4 is 17.5 Å². The van der Waals surface area contributed by atoms with Gasteiger partial charge in [0.15, 0.2) is 0 Å². The molecule has 0 aromatic heterocycles. The third kappa shape index (κ3) is 3.83. The van der Waals surface area contributed by atoms with Gasteiger partial charge in [-0.1, -0.05) is 18.2 Å². The maximum atomic E-state index is 13.3. The molecule has 1 unspecified atom stereocenters.